The summed E-state index contributed by atoms with van der Waals surface area (Å²) in [5.41, 5.74) is 4.88. The first kappa shape index (κ1) is 19.6. The normalized spacial score (nSPS) is 11.0. The van der Waals surface area contributed by atoms with E-state index in [1.807, 2.05) is 71.3 Å². The number of anilines is 1. The van der Waals surface area contributed by atoms with Crippen LogP contribution >= 0.6 is 23.2 Å². The summed E-state index contributed by atoms with van der Waals surface area (Å²) in [6.07, 6.45) is 3.66. The van der Waals surface area contributed by atoms with Gasteiger partial charge < -0.3 is 9.88 Å². The van der Waals surface area contributed by atoms with E-state index in [1.54, 1.807) is 6.33 Å². The third-order valence-electron chi connectivity index (χ3n) is 5.16. The molecule has 0 aliphatic carbocycles. The van der Waals surface area contributed by atoms with Crippen LogP contribution in [0.4, 0.5) is 5.82 Å². The summed E-state index contributed by atoms with van der Waals surface area (Å²) in [4.78, 5) is 9.17. The molecule has 2 aromatic heterocycles. The zero-order chi connectivity index (χ0) is 21.2. The molecule has 5 rings (SSSR count). The number of aromatic nitrogens is 3. The second-order valence-corrected chi connectivity index (χ2v) is 7.97. The molecule has 0 radical (unpaired) electrons. The van der Waals surface area contributed by atoms with Gasteiger partial charge in [0, 0.05) is 34.0 Å². The van der Waals surface area contributed by atoms with Gasteiger partial charge in [-0.15, -0.1) is 0 Å². The fourth-order valence-electron chi connectivity index (χ4n) is 3.68. The monoisotopic (exact) mass is 444 g/mol. The number of nitrogens with zero attached hydrogens (tertiary/aromatic N) is 3. The van der Waals surface area contributed by atoms with Gasteiger partial charge in [-0.05, 0) is 35.4 Å². The molecule has 0 saturated heterocycles. The molecule has 0 unspecified atom stereocenters. The van der Waals surface area contributed by atoms with Crippen LogP contribution in [0.15, 0.2) is 91.4 Å². The minimum atomic E-state index is 0.558. The lowest BCUT2D eigenvalue weighted by Gasteiger charge is -2.10. The van der Waals surface area contributed by atoms with Crippen molar-refractivity contribution < 1.29 is 0 Å². The standard InChI is InChI=1S/C25H18Cl2N4/c26-19-10-6-11-20(13-19)31-15-21(17-7-2-1-3-8-17)23-24(29-16-30-25(23)31)28-14-18-9-4-5-12-22(18)27/h1-13,15-16H,14H2,(H,28,29,30). The molecule has 0 spiro atoms. The Morgan fingerprint density at radius 3 is 2.45 bits per heavy atom. The van der Waals surface area contributed by atoms with E-state index in [0.717, 1.165) is 44.3 Å². The van der Waals surface area contributed by atoms with Gasteiger partial charge >= 0.3 is 0 Å². The maximum Gasteiger partial charge on any atom is 0.150 e. The Balaban J connectivity index is 1.67. The highest BCUT2D eigenvalue weighted by molar-refractivity contribution is 6.31. The molecule has 6 heteroatoms. The first-order valence-corrected chi connectivity index (χ1v) is 10.6. The highest BCUT2D eigenvalue weighted by atomic mass is 35.5. The molecule has 0 aliphatic rings. The van der Waals surface area contributed by atoms with Crippen molar-refractivity contribution in [1.82, 2.24) is 14.5 Å². The summed E-state index contributed by atoms with van der Waals surface area (Å²) in [7, 11) is 0. The Hall–Kier alpha value is -3.34. The van der Waals surface area contributed by atoms with Gasteiger partial charge in [0.05, 0.1) is 5.39 Å². The van der Waals surface area contributed by atoms with E-state index in [0.29, 0.717) is 11.6 Å². The van der Waals surface area contributed by atoms with Crippen molar-refractivity contribution in [3.05, 3.63) is 107 Å². The van der Waals surface area contributed by atoms with Gasteiger partial charge in [0.15, 0.2) is 5.65 Å². The van der Waals surface area contributed by atoms with Crippen LogP contribution in [-0.2, 0) is 6.54 Å². The summed E-state index contributed by atoms with van der Waals surface area (Å²) in [5.74, 6) is 0.754. The molecule has 0 amide bonds. The summed E-state index contributed by atoms with van der Waals surface area (Å²) in [6.45, 7) is 0.558. The summed E-state index contributed by atoms with van der Waals surface area (Å²) >= 11 is 12.6. The van der Waals surface area contributed by atoms with Crippen molar-refractivity contribution in [3.63, 3.8) is 0 Å². The van der Waals surface area contributed by atoms with Gasteiger partial charge in [0.2, 0.25) is 0 Å². The number of halogens is 2. The van der Waals surface area contributed by atoms with Gasteiger partial charge in [-0.3, -0.25) is 0 Å². The van der Waals surface area contributed by atoms with E-state index in [9.17, 15) is 0 Å². The molecule has 5 aromatic rings. The van der Waals surface area contributed by atoms with E-state index < -0.39 is 0 Å². The van der Waals surface area contributed by atoms with Gasteiger partial charge in [-0.25, -0.2) is 9.97 Å². The Morgan fingerprint density at radius 2 is 1.65 bits per heavy atom. The van der Waals surface area contributed by atoms with Gasteiger partial charge in [0.1, 0.15) is 12.1 Å². The molecule has 31 heavy (non-hydrogen) atoms. The van der Waals surface area contributed by atoms with Crippen molar-refractivity contribution in [2.75, 3.05) is 5.32 Å². The van der Waals surface area contributed by atoms with Gasteiger partial charge in [-0.1, -0.05) is 77.8 Å². The summed E-state index contributed by atoms with van der Waals surface area (Å²) in [6, 6.07) is 25.8. The minimum absolute atomic E-state index is 0.558. The second-order valence-electron chi connectivity index (χ2n) is 7.12. The number of rotatable bonds is 5. The third kappa shape index (κ3) is 3.88. The Bertz CT molecular complexity index is 1360. The van der Waals surface area contributed by atoms with Gasteiger partial charge in [0.25, 0.3) is 0 Å². The van der Waals surface area contributed by atoms with E-state index in [4.69, 9.17) is 23.2 Å². The van der Waals surface area contributed by atoms with Gasteiger partial charge in [-0.2, -0.15) is 0 Å². The number of hydrogen-bond acceptors (Lipinski definition) is 3. The van der Waals surface area contributed by atoms with Crippen LogP contribution in [0.1, 0.15) is 5.56 Å². The molecule has 4 nitrogen and oxygen atoms in total. The quantitative estimate of drug-likeness (QED) is 0.317. The Morgan fingerprint density at radius 1 is 0.839 bits per heavy atom. The molecule has 152 valence electrons. The van der Waals surface area contributed by atoms with Crippen LogP contribution < -0.4 is 5.32 Å². The number of benzene rings is 3. The summed E-state index contributed by atoms with van der Waals surface area (Å²) < 4.78 is 2.05. The van der Waals surface area contributed by atoms with Crippen LogP contribution in [0.3, 0.4) is 0 Å². The van der Waals surface area contributed by atoms with Crippen molar-refractivity contribution in [2.45, 2.75) is 6.54 Å². The van der Waals surface area contributed by atoms with Crippen LogP contribution in [0.5, 0.6) is 0 Å². The maximum absolute atomic E-state index is 6.35. The van der Waals surface area contributed by atoms with E-state index in [-0.39, 0.29) is 0 Å². The van der Waals surface area contributed by atoms with E-state index >= 15 is 0 Å². The van der Waals surface area contributed by atoms with E-state index in [2.05, 4.69) is 33.6 Å². The Kier molecular flexibility index (Phi) is 5.33. The fourth-order valence-corrected chi connectivity index (χ4v) is 4.06. The van der Waals surface area contributed by atoms with Crippen LogP contribution in [0.25, 0.3) is 27.8 Å². The molecule has 0 saturated carbocycles. The van der Waals surface area contributed by atoms with E-state index in [1.165, 1.54) is 0 Å². The molecule has 3 aromatic carbocycles. The van der Waals surface area contributed by atoms with Crippen molar-refractivity contribution in [1.29, 1.82) is 0 Å². The lowest BCUT2D eigenvalue weighted by atomic mass is 10.1. The average Bonchev–Trinajstić information content (AvgIpc) is 3.20. The maximum atomic E-state index is 6.35. The fraction of sp³-hybridized carbons (Fsp3) is 0.0400. The van der Waals surface area contributed by atoms with Crippen LogP contribution in [0.2, 0.25) is 10.0 Å². The largest absolute Gasteiger partial charge is 0.365 e. The molecule has 0 aliphatic heterocycles. The molecular weight excluding hydrogens is 427 g/mol. The average molecular weight is 445 g/mol. The predicted molar refractivity (Wildman–Crippen MR) is 128 cm³/mol. The SMILES string of the molecule is Clc1cccc(-n2cc(-c3ccccc3)c3c(NCc4ccccc4Cl)ncnc32)c1. The van der Waals surface area contributed by atoms with Crippen molar-refractivity contribution in [3.8, 4) is 16.8 Å². The molecule has 0 bridgehead atoms. The second kappa shape index (κ2) is 8.42. The first-order valence-electron chi connectivity index (χ1n) is 9.85. The zero-order valence-corrected chi connectivity index (χ0v) is 18.0. The Labute approximate surface area is 190 Å². The third-order valence-corrected chi connectivity index (χ3v) is 5.76. The molecule has 0 fully saturated rings. The topological polar surface area (TPSA) is 42.7 Å². The smallest absolute Gasteiger partial charge is 0.150 e. The molecule has 2 heterocycles. The van der Waals surface area contributed by atoms with Crippen molar-refractivity contribution >= 4 is 40.1 Å². The number of fused-ring (bicyclic) bond motifs is 1. The molecule has 1 N–H and O–H groups in total. The van der Waals surface area contributed by atoms with Crippen LogP contribution in [0, 0.1) is 0 Å². The van der Waals surface area contributed by atoms with Crippen LogP contribution in [-0.4, -0.2) is 14.5 Å². The minimum Gasteiger partial charge on any atom is -0.365 e. The highest BCUT2D eigenvalue weighted by Crippen LogP contribution is 2.35. The number of hydrogen-bond donors (Lipinski definition) is 1. The zero-order valence-electron chi connectivity index (χ0n) is 16.5. The lowest BCUT2D eigenvalue weighted by molar-refractivity contribution is 1.06. The molecular formula is C25H18Cl2N4. The molecule has 0 atom stereocenters. The first-order chi connectivity index (χ1) is 15.2. The lowest BCUT2D eigenvalue weighted by Crippen LogP contribution is -2.03. The van der Waals surface area contributed by atoms with Crippen molar-refractivity contribution in [2.24, 2.45) is 0 Å². The number of nitrogens with one attached hydrogen (secondary N) is 1. The predicted octanol–water partition coefficient (Wildman–Crippen LogP) is 7.01. The summed E-state index contributed by atoms with van der Waals surface area (Å²) in [5, 5.41) is 5.80. The highest BCUT2D eigenvalue weighted by Gasteiger charge is 2.17.